The summed E-state index contributed by atoms with van der Waals surface area (Å²) in [5.41, 5.74) is 10.5. The quantitative estimate of drug-likeness (QED) is 0.651. The molecule has 0 fully saturated rings. The minimum Gasteiger partial charge on any atom is -0.271 e. The zero-order chi connectivity index (χ0) is 14.9. The molecule has 0 radical (unpaired) electrons. The van der Waals surface area contributed by atoms with Crippen LogP contribution in [0.15, 0.2) is 34.8 Å². The van der Waals surface area contributed by atoms with Crippen molar-refractivity contribution in [2.75, 3.05) is 0 Å². The van der Waals surface area contributed by atoms with E-state index in [0.717, 1.165) is 4.47 Å². The minimum absolute atomic E-state index is 0.00630. The van der Waals surface area contributed by atoms with Crippen LogP contribution in [0.1, 0.15) is 39.4 Å². The second-order valence-corrected chi connectivity index (χ2v) is 6.20. The SMILES string of the molecule is Cc1cc(C)c(C(NN)c2cccc(Br)c2C)cc1C. The van der Waals surface area contributed by atoms with Gasteiger partial charge in [-0.15, -0.1) is 0 Å². The molecule has 0 aliphatic carbocycles. The van der Waals surface area contributed by atoms with Crippen molar-refractivity contribution in [3.63, 3.8) is 0 Å². The number of nitrogens with one attached hydrogen (secondary N) is 1. The van der Waals surface area contributed by atoms with Crippen LogP contribution in [-0.2, 0) is 0 Å². The average Bonchev–Trinajstić information content (AvgIpc) is 2.41. The second kappa shape index (κ2) is 6.08. The zero-order valence-corrected chi connectivity index (χ0v) is 14.0. The molecule has 2 aromatic rings. The van der Waals surface area contributed by atoms with Gasteiger partial charge in [-0.05, 0) is 67.1 Å². The lowest BCUT2D eigenvalue weighted by Crippen LogP contribution is -2.30. The van der Waals surface area contributed by atoms with Crippen molar-refractivity contribution >= 4 is 15.9 Å². The highest BCUT2D eigenvalue weighted by Gasteiger charge is 2.18. The summed E-state index contributed by atoms with van der Waals surface area (Å²) in [4.78, 5) is 0. The highest BCUT2D eigenvalue weighted by atomic mass is 79.9. The lowest BCUT2D eigenvalue weighted by atomic mass is 9.90. The van der Waals surface area contributed by atoms with Gasteiger partial charge in [-0.25, -0.2) is 5.43 Å². The Hall–Kier alpha value is -1.16. The third kappa shape index (κ3) is 2.80. The Bertz CT molecular complexity index is 635. The van der Waals surface area contributed by atoms with Gasteiger partial charge in [-0.2, -0.15) is 0 Å². The number of halogens is 1. The molecule has 106 valence electrons. The standard InChI is InChI=1S/C17H21BrN2/c1-10-8-12(3)15(9-11(10)2)17(20-19)14-6-5-7-16(18)13(14)4/h5-9,17,20H,19H2,1-4H3. The molecule has 20 heavy (non-hydrogen) atoms. The van der Waals surface area contributed by atoms with Crippen molar-refractivity contribution in [1.29, 1.82) is 0 Å². The fraction of sp³-hybridized carbons (Fsp3) is 0.294. The van der Waals surface area contributed by atoms with Gasteiger partial charge in [0.05, 0.1) is 6.04 Å². The van der Waals surface area contributed by atoms with E-state index in [-0.39, 0.29) is 6.04 Å². The van der Waals surface area contributed by atoms with Crippen molar-refractivity contribution in [3.8, 4) is 0 Å². The van der Waals surface area contributed by atoms with Gasteiger partial charge >= 0.3 is 0 Å². The summed E-state index contributed by atoms with van der Waals surface area (Å²) in [7, 11) is 0. The van der Waals surface area contributed by atoms with E-state index in [9.17, 15) is 0 Å². The molecule has 0 saturated carbocycles. The molecular weight excluding hydrogens is 312 g/mol. The number of rotatable bonds is 3. The van der Waals surface area contributed by atoms with Crippen LogP contribution in [0.3, 0.4) is 0 Å². The number of hydrogen-bond donors (Lipinski definition) is 2. The predicted molar refractivity (Wildman–Crippen MR) is 88.7 cm³/mol. The van der Waals surface area contributed by atoms with Crippen LogP contribution < -0.4 is 11.3 Å². The van der Waals surface area contributed by atoms with E-state index >= 15 is 0 Å². The molecule has 0 aliphatic heterocycles. The topological polar surface area (TPSA) is 38.0 Å². The first-order chi connectivity index (χ1) is 9.45. The molecule has 2 aromatic carbocycles. The van der Waals surface area contributed by atoms with Crippen LogP contribution in [0.5, 0.6) is 0 Å². The molecule has 3 heteroatoms. The van der Waals surface area contributed by atoms with Crippen LogP contribution in [0, 0.1) is 27.7 Å². The highest BCUT2D eigenvalue weighted by Crippen LogP contribution is 2.31. The Balaban J connectivity index is 2.58. The Morgan fingerprint density at radius 2 is 1.60 bits per heavy atom. The first kappa shape index (κ1) is 15.2. The maximum absolute atomic E-state index is 5.85. The molecule has 1 atom stereocenters. The first-order valence-corrected chi connectivity index (χ1v) is 7.54. The number of hydrazine groups is 1. The first-order valence-electron chi connectivity index (χ1n) is 6.74. The summed E-state index contributed by atoms with van der Waals surface area (Å²) in [5, 5.41) is 0. The molecule has 2 rings (SSSR count). The molecule has 0 saturated heterocycles. The van der Waals surface area contributed by atoms with Gasteiger partial charge in [0.25, 0.3) is 0 Å². The van der Waals surface area contributed by atoms with Gasteiger partial charge < -0.3 is 0 Å². The highest BCUT2D eigenvalue weighted by molar-refractivity contribution is 9.10. The minimum atomic E-state index is 0.00630. The van der Waals surface area contributed by atoms with E-state index in [2.05, 4.69) is 73.3 Å². The molecule has 0 aromatic heterocycles. The molecule has 1 unspecified atom stereocenters. The number of aryl methyl sites for hydroxylation is 3. The molecule has 0 bridgehead atoms. The van der Waals surface area contributed by atoms with Crippen LogP contribution >= 0.6 is 15.9 Å². The van der Waals surface area contributed by atoms with Gasteiger partial charge in [0.2, 0.25) is 0 Å². The maximum atomic E-state index is 5.85. The van der Waals surface area contributed by atoms with Crippen LogP contribution in [-0.4, -0.2) is 0 Å². The molecule has 0 spiro atoms. The summed E-state index contributed by atoms with van der Waals surface area (Å²) >= 11 is 3.59. The summed E-state index contributed by atoms with van der Waals surface area (Å²) < 4.78 is 1.11. The Morgan fingerprint density at radius 3 is 2.25 bits per heavy atom. The fourth-order valence-corrected chi connectivity index (χ4v) is 2.96. The smallest absolute Gasteiger partial charge is 0.0715 e. The zero-order valence-electron chi connectivity index (χ0n) is 12.4. The normalized spacial score (nSPS) is 12.5. The molecule has 3 N–H and O–H groups in total. The van der Waals surface area contributed by atoms with Gasteiger partial charge in [-0.1, -0.05) is 40.2 Å². The Kier molecular flexibility index (Phi) is 4.63. The van der Waals surface area contributed by atoms with E-state index in [1.165, 1.54) is 33.4 Å². The maximum Gasteiger partial charge on any atom is 0.0715 e. The lowest BCUT2D eigenvalue weighted by Gasteiger charge is -2.22. The van der Waals surface area contributed by atoms with Gasteiger partial charge in [0.15, 0.2) is 0 Å². The number of benzene rings is 2. The fourth-order valence-electron chi connectivity index (χ4n) is 2.58. The summed E-state index contributed by atoms with van der Waals surface area (Å²) in [5.74, 6) is 5.85. The Morgan fingerprint density at radius 1 is 0.950 bits per heavy atom. The third-order valence-electron chi connectivity index (χ3n) is 3.98. The number of hydrogen-bond acceptors (Lipinski definition) is 2. The molecule has 0 aliphatic rings. The molecular formula is C17H21BrN2. The third-order valence-corrected chi connectivity index (χ3v) is 4.84. The lowest BCUT2D eigenvalue weighted by molar-refractivity contribution is 0.629. The van der Waals surface area contributed by atoms with Gasteiger partial charge in [-0.3, -0.25) is 5.84 Å². The van der Waals surface area contributed by atoms with E-state index < -0.39 is 0 Å². The number of nitrogens with two attached hydrogens (primary N) is 1. The van der Waals surface area contributed by atoms with Gasteiger partial charge in [0.1, 0.15) is 0 Å². The second-order valence-electron chi connectivity index (χ2n) is 5.35. The van der Waals surface area contributed by atoms with E-state index in [0.29, 0.717) is 0 Å². The molecule has 2 nitrogen and oxygen atoms in total. The summed E-state index contributed by atoms with van der Waals surface area (Å²) in [6.07, 6.45) is 0. The van der Waals surface area contributed by atoms with Crippen LogP contribution in [0.4, 0.5) is 0 Å². The summed E-state index contributed by atoms with van der Waals surface area (Å²) in [6, 6.07) is 10.7. The molecule has 0 amide bonds. The Labute approximate surface area is 129 Å². The van der Waals surface area contributed by atoms with Crippen molar-refractivity contribution in [2.45, 2.75) is 33.7 Å². The van der Waals surface area contributed by atoms with Crippen molar-refractivity contribution in [2.24, 2.45) is 5.84 Å². The summed E-state index contributed by atoms with van der Waals surface area (Å²) in [6.45, 7) is 8.53. The van der Waals surface area contributed by atoms with Crippen molar-refractivity contribution in [3.05, 3.63) is 68.2 Å². The predicted octanol–water partition coefficient (Wildman–Crippen LogP) is 4.24. The van der Waals surface area contributed by atoms with E-state index in [1.54, 1.807) is 0 Å². The van der Waals surface area contributed by atoms with E-state index in [4.69, 9.17) is 5.84 Å². The van der Waals surface area contributed by atoms with Crippen molar-refractivity contribution in [1.82, 2.24) is 5.43 Å². The average molecular weight is 333 g/mol. The molecule has 0 heterocycles. The largest absolute Gasteiger partial charge is 0.271 e. The van der Waals surface area contributed by atoms with E-state index in [1.807, 2.05) is 6.07 Å². The monoisotopic (exact) mass is 332 g/mol. The van der Waals surface area contributed by atoms with Gasteiger partial charge in [0, 0.05) is 4.47 Å². The van der Waals surface area contributed by atoms with Crippen LogP contribution in [0.2, 0.25) is 0 Å². The van der Waals surface area contributed by atoms with Crippen LogP contribution in [0.25, 0.3) is 0 Å². The van der Waals surface area contributed by atoms with Crippen molar-refractivity contribution < 1.29 is 0 Å².